The van der Waals surface area contributed by atoms with Gasteiger partial charge >= 0.3 is 12.0 Å². The molecule has 108 valence electrons. The van der Waals surface area contributed by atoms with E-state index in [1.165, 1.54) is 0 Å². The Morgan fingerprint density at radius 2 is 2.15 bits per heavy atom. The average Bonchev–Trinajstić information content (AvgIpc) is 2.78. The highest BCUT2D eigenvalue weighted by atomic mass is 16.4. The first kappa shape index (κ1) is 14.4. The maximum absolute atomic E-state index is 12.0. The summed E-state index contributed by atoms with van der Waals surface area (Å²) in [6, 6.07) is 7.75. The van der Waals surface area contributed by atoms with Gasteiger partial charge < -0.3 is 15.3 Å². The molecule has 1 aliphatic heterocycles. The molecule has 0 aromatic heterocycles. The number of carboxylic acid groups (broad SMARTS) is 1. The molecule has 0 bridgehead atoms. The number of nitrogens with one attached hydrogen (secondary N) is 1. The van der Waals surface area contributed by atoms with Crippen LogP contribution in [-0.2, 0) is 11.3 Å². The van der Waals surface area contributed by atoms with E-state index in [9.17, 15) is 9.59 Å². The third-order valence-electron chi connectivity index (χ3n) is 3.74. The van der Waals surface area contributed by atoms with Crippen LogP contribution in [0.15, 0.2) is 24.3 Å². The molecular formula is C15H20N2O3. The third-order valence-corrected chi connectivity index (χ3v) is 3.74. The quantitative estimate of drug-likeness (QED) is 0.885. The lowest BCUT2D eigenvalue weighted by atomic mass is 9.99. The number of rotatable bonds is 3. The summed E-state index contributed by atoms with van der Waals surface area (Å²) in [7, 11) is 0. The highest BCUT2D eigenvalue weighted by molar-refractivity contribution is 5.77. The molecule has 0 aliphatic carbocycles. The minimum Gasteiger partial charge on any atom is -0.481 e. The fourth-order valence-electron chi connectivity index (χ4n) is 2.57. The van der Waals surface area contributed by atoms with Crippen LogP contribution in [0, 0.1) is 18.8 Å². The van der Waals surface area contributed by atoms with Crippen molar-refractivity contribution < 1.29 is 14.7 Å². The molecule has 5 nitrogen and oxygen atoms in total. The lowest BCUT2D eigenvalue weighted by Crippen LogP contribution is -2.38. The molecule has 0 spiro atoms. The Balaban J connectivity index is 1.88. The van der Waals surface area contributed by atoms with Crippen molar-refractivity contribution in [1.29, 1.82) is 0 Å². The first-order valence-electron chi connectivity index (χ1n) is 6.78. The van der Waals surface area contributed by atoms with Gasteiger partial charge in [-0.3, -0.25) is 4.79 Å². The molecule has 1 heterocycles. The Morgan fingerprint density at radius 1 is 1.40 bits per heavy atom. The number of nitrogens with zero attached hydrogens (tertiary/aromatic N) is 1. The lowest BCUT2D eigenvalue weighted by molar-refractivity contribution is -0.142. The number of amides is 2. The minimum atomic E-state index is -0.827. The summed E-state index contributed by atoms with van der Waals surface area (Å²) in [6.45, 7) is 5.12. The van der Waals surface area contributed by atoms with E-state index in [2.05, 4.69) is 5.32 Å². The van der Waals surface area contributed by atoms with E-state index in [0.717, 1.165) is 11.1 Å². The van der Waals surface area contributed by atoms with Gasteiger partial charge in [0.15, 0.2) is 0 Å². The van der Waals surface area contributed by atoms with E-state index in [4.69, 9.17) is 5.11 Å². The van der Waals surface area contributed by atoms with Crippen LogP contribution in [0.25, 0.3) is 0 Å². The highest BCUT2D eigenvalue weighted by Crippen LogP contribution is 2.23. The Kier molecular flexibility index (Phi) is 4.27. The monoisotopic (exact) mass is 276 g/mol. The molecule has 0 radical (unpaired) electrons. The van der Waals surface area contributed by atoms with Crippen LogP contribution in [0.1, 0.15) is 18.1 Å². The van der Waals surface area contributed by atoms with Crippen molar-refractivity contribution in [2.24, 2.45) is 11.8 Å². The number of benzene rings is 1. The number of aryl methyl sites for hydroxylation is 1. The van der Waals surface area contributed by atoms with Crippen LogP contribution in [0.2, 0.25) is 0 Å². The second-order valence-electron chi connectivity index (χ2n) is 5.47. The molecule has 2 rings (SSSR count). The third kappa shape index (κ3) is 3.29. The summed E-state index contributed by atoms with van der Waals surface area (Å²) < 4.78 is 0. The van der Waals surface area contributed by atoms with Crippen LogP contribution in [0.3, 0.4) is 0 Å². The Labute approximate surface area is 118 Å². The number of hydrogen-bond acceptors (Lipinski definition) is 2. The topological polar surface area (TPSA) is 69.6 Å². The average molecular weight is 276 g/mol. The van der Waals surface area contributed by atoms with Gasteiger partial charge in [0.2, 0.25) is 0 Å². The fourth-order valence-corrected chi connectivity index (χ4v) is 2.57. The molecule has 1 aromatic carbocycles. The van der Waals surface area contributed by atoms with Crippen molar-refractivity contribution in [2.75, 3.05) is 13.1 Å². The summed E-state index contributed by atoms with van der Waals surface area (Å²) in [5.41, 5.74) is 2.19. The minimum absolute atomic E-state index is 0.00257. The second-order valence-corrected chi connectivity index (χ2v) is 5.47. The molecule has 1 aromatic rings. The zero-order chi connectivity index (χ0) is 14.7. The molecule has 2 unspecified atom stereocenters. The van der Waals surface area contributed by atoms with Crippen molar-refractivity contribution in [3.8, 4) is 0 Å². The van der Waals surface area contributed by atoms with Crippen molar-refractivity contribution in [1.82, 2.24) is 10.2 Å². The molecule has 2 N–H and O–H groups in total. The van der Waals surface area contributed by atoms with Gasteiger partial charge in [0.05, 0.1) is 5.92 Å². The van der Waals surface area contributed by atoms with Gasteiger partial charge in [0, 0.05) is 19.6 Å². The maximum atomic E-state index is 12.0. The van der Waals surface area contributed by atoms with Gasteiger partial charge in [0.25, 0.3) is 0 Å². The smallest absolute Gasteiger partial charge is 0.317 e. The number of carbonyl (C=O) groups excluding carboxylic acids is 1. The van der Waals surface area contributed by atoms with Crippen molar-refractivity contribution in [2.45, 2.75) is 20.4 Å². The number of urea groups is 1. The molecule has 20 heavy (non-hydrogen) atoms. The summed E-state index contributed by atoms with van der Waals surface area (Å²) in [5, 5.41) is 11.9. The van der Waals surface area contributed by atoms with Crippen LogP contribution >= 0.6 is 0 Å². The molecular weight excluding hydrogens is 256 g/mol. The van der Waals surface area contributed by atoms with Gasteiger partial charge in [-0.25, -0.2) is 4.79 Å². The summed E-state index contributed by atoms with van der Waals surface area (Å²) in [5.74, 6) is -1.29. The van der Waals surface area contributed by atoms with Crippen LogP contribution in [0.4, 0.5) is 4.79 Å². The van der Waals surface area contributed by atoms with Crippen molar-refractivity contribution in [3.63, 3.8) is 0 Å². The van der Waals surface area contributed by atoms with Gasteiger partial charge in [-0.2, -0.15) is 0 Å². The predicted molar refractivity (Wildman–Crippen MR) is 75.3 cm³/mol. The Morgan fingerprint density at radius 3 is 2.75 bits per heavy atom. The maximum Gasteiger partial charge on any atom is 0.317 e. The van der Waals surface area contributed by atoms with Gasteiger partial charge in [-0.15, -0.1) is 0 Å². The number of carboxylic acids is 1. The van der Waals surface area contributed by atoms with E-state index in [1.807, 2.05) is 38.1 Å². The van der Waals surface area contributed by atoms with E-state index in [0.29, 0.717) is 13.1 Å². The molecule has 1 saturated heterocycles. The number of aliphatic carboxylic acids is 1. The zero-order valence-electron chi connectivity index (χ0n) is 11.8. The van der Waals surface area contributed by atoms with Crippen LogP contribution in [-0.4, -0.2) is 35.1 Å². The Hall–Kier alpha value is -2.04. The van der Waals surface area contributed by atoms with Crippen LogP contribution in [0.5, 0.6) is 0 Å². The van der Waals surface area contributed by atoms with Gasteiger partial charge in [0.1, 0.15) is 0 Å². The fraction of sp³-hybridized carbons (Fsp3) is 0.467. The van der Waals surface area contributed by atoms with Gasteiger partial charge in [-0.05, 0) is 18.4 Å². The summed E-state index contributed by atoms with van der Waals surface area (Å²) >= 11 is 0. The number of carbonyl (C=O) groups is 2. The normalized spacial score (nSPS) is 21.8. The van der Waals surface area contributed by atoms with E-state index < -0.39 is 11.9 Å². The van der Waals surface area contributed by atoms with E-state index >= 15 is 0 Å². The van der Waals surface area contributed by atoms with Crippen LogP contribution < -0.4 is 5.32 Å². The predicted octanol–water partition coefficient (Wildman–Crippen LogP) is 1.86. The SMILES string of the molecule is Cc1cccc(CNC(=O)N2CC(C)C(C(=O)O)C2)c1. The largest absolute Gasteiger partial charge is 0.481 e. The number of likely N-dealkylation sites (tertiary alicyclic amines) is 1. The van der Waals surface area contributed by atoms with Crippen molar-refractivity contribution in [3.05, 3.63) is 35.4 Å². The van der Waals surface area contributed by atoms with Crippen molar-refractivity contribution >= 4 is 12.0 Å². The molecule has 0 saturated carbocycles. The lowest BCUT2D eigenvalue weighted by Gasteiger charge is -2.17. The van der Waals surface area contributed by atoms with E-state index in [1.54, 1.807) is 4.90 Å². The first-order valence-corrected chi connectivity index (χ1v) is 6.78. The second kappa shape index (κ2) is 5.94. The Bertz CT molecular complexity index is 516. The first-order chi connectivity index (χ1) is 9.47. The van der Waals surface area contributed by atoms with Gasteiger partial charge in [-0.1, -0.05) is 36.8 Å². The molecule has 5 heteroatoms. The standard InChI is InChI=1S/C15H20N2O3/c1-10-4-3-5-12(6-10)7-16-15(20)17-8-11(2)13(9-17)14(18)19/h3-6,11,13H,7-9H2,1-2H3,(H,16,20)(H,18,19). The zero-order valence-corrected chi connectivity index (χ0v) is 11.8. The number of hydrogen-bond donors (Lipinski definition) is 2. The van der Waals surface area contributed by atoms with E-state index in [-0.39, 0.29) is 18.5 Å². The molecule has 2 amide bonds. The summed E-state index contributed by atoms with van der Waals surface area (Å²) in [6.07, 6.45) is 0. The summed E-state index contributed by atoms with van der Waals surface area (Å²) in [4.78, 5) is 24.7. The molecule has 2 atom stereocenters. The molecule has 1 aliphatic rings. The highest BCUT2D eigenvalue weighted by Gasteiger charge is 2.36. The molecule has 1 fully saturated rings.